The lowest BCUT2D eigenvalue weighted by atomic mass is 10.2. The number of hydrogen-bond donors (Lipinski definition) is 2. The Bertz CT molecular complexity index is 1260. The molecule has 1 heterocycles. The molecule has 154 valence electrons. The van der Waals surface area contributed by atoms with E-state index in [1.165, 1.54) is 28.9 Å². The van der Waals surface area contributed by atoms with Crippen molar-refractivity contribution in [3.8, 4) is 0 Å². The summed E-state index contributed by atoms with van der Waals surface area (Å²) in [5, 5.41) is 4.12. The molecule has 0 spiro atoms. The van der Waals surface area contributed by atoms with Gasteiger partial charge in [0.05, 0.1) is 22.0 Å². The predicted octanol–water partition coefficient (Wildman–Crippen LogP) is 2.95. The lowest BCUT2D eigenvalue weighted by Crippen LogP contribution is -2.16. The van der Waals surface area contributed by atoms with E-state index >= 15 is 0 Å². The summed E-state index contributed by atoms with van der Waals surface area (Å²) in [4.78, 5) is 0.135. The first kappa shape index (κ1) is 20.9. The first-order valence-electron chi connectivity index (χ1n) is 8.73. The van der Waals surface area contributed by atoms with Gasteiger partial charge in [0, 0.05) is 12.7 Å². The van der Waals surface area contributed by atoms with Crippen LogP contribution in [0.3, 0.4) is 0 Å². The van der Waals surface area contributed by atoms with Crippen LogP contribution in [0, 0.1) is 20.8 Å². The highest BCUT2D eigenvalue weighted by Gasteiger charge is 2.24. The lowest BCUT2D eigenvalue weighted by Gasteiger charge is -2.12. The van der Waals surface area contributed by atoms with Gasteiger partial charge in [-0.25, -0.2) is 16.8 Å². The molecule has 0 atom stereocenters. The Balaban J connectivity index is 1.84. The van der Waals surface area contributed by atoms with Crippen molar-refractivity contribution in [1.29, 1.82) is 0 Å². The number of nitrogens with one attached hydrogen (secondary N) is 2. The maximum absolute atomic E-state index is 12.7. The third-order valence-corrected chi connectivity index (χ3v) is 7.53. The second kappa shape index (κ2) is 7.53. The summed E-state index contributed by atoms with van der Waals surface area (Å²) in [5.41, 5.74) is 2.43. The van der Waals surface area contributed by atoms with Gasteiger partial charge in [-0.1, -0.05) is 18.2 Å². The Hall–Kier alpha value is -2.85. The molecule has 3 aromatic rings. The van der Waals surface area contributed by atoms with E-state index in [0.717, 1.165) is 5.56 Å². The van der Waals surface area contributed by atoms with Gasteiger partial charge < -0.3 is 0 Å². The number of rotatable bonds is 6. The van der Waals surface area contributed by atoms with E-state index in [9.17, 15) is 16.8 Å². The number of benzene rings is 2. The van der Waals surface area contributed by atoms with Crippen LogP contribution < -0.4 is 9.44 Å². The van der Waals surface area contributed by atoms with Crippen molar-refractivity contribution in [2.75, 3.05) is 9.44 Å². The van der Waals surface area contributed by atoms with E-state index in [1.54, 1.807) is 46.0 Å². The summed E-state index contributed by atoms with van der Waals surface area (Å²) in [7, 11) is -5.98. The molecule has 1 aromatic heterocycles. The highest BCUT2D eigenvalue weighted by atomic mass is 32.2. The quantitative estimate of drug-likeness (QED) is 0.620. The second-order valence-electron chi connectivity index (χ2n) is 6.67. The van der Waals surface area contributed by atoms with E-state index in [0.29, 0.717) is 17.1 Å². The minimum absolute atomic E-state index is 0.0254. The number of hydrogen-bond acceptors (Lipinski definition) is 5. The third-order valence-electron chi connectivity index (χ3n) is 4.52. The number of nitrogens with zero attached hydrogens (tertiary/aromatic N) is 2. The molecule has 8 nitrogen and oxygen atoms in total. The topological polar surface area (TPSA) is 110 Å². The zero-order chi connectivity index (χ0) is 21.4. The molecule has 0 fully saturated rings. The van der Waals surface area contributed by atoms with Crippen LogP contribution in [0.1, 0.15) is 17.0 Å². The van der Waals surface area contributed by atoms with Crippen LogP contribution in [-0.4, -0.2) is 26.6 Å². The van der Waals surface area contributed by atoms with Gasteiger partial charge in [-0.05, 0) is 56.7 Å². The van der Waals surface area contributed by atoms with E-state index < -0.39 is 20.0 Å². The van der Waals surface area contributed by atoms with Gasteiger partial charge in [0.2, 0.25) is 0 Å². The minimum Gasteiger partial charge on any atom is -0.280 e. The highest BCUT2D eigenvalue weighted by molar-refractivity contribution is 7.93. The molecule has 0 aliphatic rings. The Morgan fingerprint density at radius 1 is 0.828 bits per heavy atom. The van der Waals surface area contributed by atoms with Gasteiger partial charge in [0.15, 0.2) is 0 Å². The Labute approximate surface area is 170 Å². The number of aromatic nitrogens is 2. The Morgan fingerprint density at radius 2 is 1.45 bits per heavy atom. The van der Waals surface area contributed by atoms with E-state index in [4.69, 9.17) is 0 Å². The standard InChI is InChI=1S/C19H22N4O4S2/c1-13-7-5-6-8-18(13)22-28(24,25)17-11-9-16(10-12-17)21-29(26,27)19-14(2)20-23(4)15(19)3/h5-12,21-22H,1-4H3. The van der Waals surface area contributed by atoms with Crippen molar-refractivity contribution in [2.45, 2.75) is 30.6 Å². The fourth-order valence-corrected chi connectivity index (χ4v) is 5.57. The molecular formula is C19H22N4O4S2. The Morgan fingerprint density at radius 3 is 2.00 bits per heavy atom. The first-order chi connectivity index (χ1) is 13.5. The summed E-state index contributed by atoms with van der Waals surface area (Å²) in [6.45, 7) is 5.09. The van der Waals surface area contributed by atoms with Crippen LogP contribution in [-0.2, 0) is 27.1 Å². The maximum Gasteiger partial charge on any atom is 0.265 e. The van der Waals surface area contributed by atoms with E-state index in [-0.39, 0.29) is 15.5 Å². The third kappa shape index (κ3) is 4.28. The summed E-state index contributed by atoms with van der Waals surface area (Å²) in [5.74, 6) is 0. The molecule has 0 amide bonds. The van der Waals surface area contributed by atoms with Crippen molar-refractivity contribution in [2.24, 2.45) is 7.05 Å². The number of anilines is 2. The molecule has 2 aromatic carbocycles. The van der Waals surface area contributed by atoms with Crippen molar-refractivity contribution >= 4 is 31.4 Å². The normalized spacial score (nSPS) is 12.0. The SMILES string of the molecule is Cc1ccccc1NS(=O)(=O)c1ccc(NS(=O)(=O)c2c(C)nn(C)c2C)cc1. The molecule has 0 radical (unpaired) electrons. The molecule has 0 aliphatic heterocycles. The van der Waals surface area contributed by atoms with E-state index in [1.807, 2.05) is 6.07 Å². The molecule has 0 saturated carbocycles. The fourth-order valence-electron chi connectivity index (χ4n) is 2.94. The van der Waals surface area contributed by atoms with E-state index in [2.05, 4.69) is 14.5 Å². The average molecular weight is 435 g/mol. The fraction of sp³-hybridized carbons (Fsp3) is 0.211. The van der Waals surface area contributed by atoms with Crippen molar-refractivity contribution < 1.29 is 16.8 Å². The molecule has 0 saturated heterocycles. The van der Waals surface area contributed by atoms with Gasteiger partial charge in [0.25, 0.3) is 20.0 Å². The van der Waals surface area contributed by atoms with Gasteiger partial charge >= 0.3 is 0 Å². The molecule has 0 bridgehead atoms. The molecule has 29 heavy (non-hydrogen) atoms. The minimum atomic E-state index is -3.85. The maximum atomic E-state index is 12.7. The lowest BCUT2D eigenvalue weighted by molar-refractivity contribution is 0.599. The van der Waals surface area contributed by atoms with Gasteiger partial charge in [0.1, 0.15) is 4.90 Å². The van der Waals surface area contributed by atoms with Crippen LogP contribution in [0.15, 0.2) is 58.3 Å². The largest absolute Gasteiger partial charge is 0.280 e. The Kier molecular flexibility index (Phi) is 5.42. The second-order valence-corrected chi connectivity index (χ2v) is 9.98. The van der Waals surface area contributed by atoms with Crippen LogP contribution >= 0.6 is 0 Å². The summed E-state index contributed by atoms with van der Waals surface area (Å²) in [6, 6.07) is 12.6. The van der Waals surface area contributed by atoms with Gasteiger partial charge in [-0.2, -0.15) is 5.10 Å². The monoisotopic (exact) mass is 434 g/mol. The van der Waals surface area contributed by atoms with Crippen LogP contribution in [0.2, 0.25) is 0 Å². The zero-order valence-corrected chi connectivity index (χ0v) is 18.1. The summed E-state index contributed by atoms with van der Waals surface area (Å²) < 4.78 is 57.2. The van der Waals surface area contributed by atoms with Crippen molar-refractivity contribution in [3.05, 3.63) is 65.5 Å². The molecule has 3 rings (SSSR count). The first-order valence-corrected chi connectivity index (χ1v) is 11.7. The predicted molar refractivity (Wildman–Crippen MR) is 112 cm³/mol. The summed E-state index contributed by atoms with van der Waals surface area (Å²) >= 11 is 0. The zero-order valence-electron chi connectivity index (χ0n) is 16.5. The van der Waals surface area contributed by atoms with Crippen LogP contribution in [0.4, 0.5) is 11.4 Å². The number of para-hydroxylation sites is 1. The molecule has 10 heteroatoms. The molecule has 2 N–H and O–H groups in total. The smallest absolute Gasteiger partial charge is 0.265 e. The molecule has 0 aliphatic carbocycles. The number of sulfonamides is 2. The molecule has 0 unspecified atom stereocenters. The summed E-state index contributed by atoms with van der Waals surface area (Å²) in [6.07, 6.45) is 0. The molecular weight excluding hydrogens is 412 g/mol. The average Bonchev–Trinajstić information content (AvgIpc) is 2.89. The van der Waals surface area contributed by atoms with Gasteiger partial charge in [-0.3, -0.25) is 14.1 Å². The van der Waals surface area contributed by atoms with Crippen molar-refractivity contribution in [1.82, 2.24) is 9.78 Å². The van der Waals surface area contributed by atoms with Crippen LogP contribution in [0.25, 0.3) is 0 Å². The highest BCUT2D eigenvalue weighted by Crippen LogP contribution is 2.24. The van der Waals surface area contributed by atoms with Gasteiger partial charge in [-0.15, -0.1) is 0 Å². The van der Waals surface area contributed by atoms with Crippen LogP contribution in [0.5, 0.6) is 0 Å². The number of aryl methyl sites for hydroxylation is 3. The van der Waals surface area contributed by atoms with Crippen molar-refractivity contribution in [3.63, 3.8) is 0 Å².